The zero-order valence-corrected chi connectivity index (χ0v) is 18.8. The molecule has 0 unspecified atom stereocenters. The van der Waals surface area contributed by atoms with Gasteiger partial charge in [0.25, 0.3) is 0 Å². The van der Waals surface area contributed by atoms with E-state index in [-0.39, 0.29) is 22.9 Å². The van der Waals surface area contributed by atoms with E-state index < -0.39 is 55.5 Å². The zero-order valence-electron chi connectivity index (χ0n) is 15.2. The van der Waals surface area contributed by atoms with Gasteiger partial charge in [0.15, 0.2) is 0 Å². The molecule has 1 rings (SSSR count). The molecule has 0 heterocycles. The number of quaternary nitrogens is 2. The van der Waals surface area contributed by atoms with E-state index in [4.69, 9.17) is 0 Å². The lowest BCUT2D eigenvalue weighted by Crippen LogP contribution is -3.11. The van der Waals surface area contributed by atoms with Gasteiger partial charge in [0.1, 0.15) is 38.2 Å². The fourth-order valence-corrected chi connectivity index (χ4v) is 6.21. The van der Waals surface area contributed by atoms with E-state index in [1.807, 2.05) is 0 Å². The minimum Gasteiger partial charge on any atom is -0.807 e. The molecule has 0 aliphatic carbocycles. The van der Waals surface area contributed by atoms with E-state index in [0.717, 1.165) is 0 Å². The van der Waals surface area contributed by atoms with Crippen molar-refractivity contribution in [3.05, 3.63) is 35.4 Å². The van der Waals surface area contributed by atoms with Gasteiger partial charge in [-0.25, -0.2) is 0 Å². The van der Waals surface area contributed by atoms with Crippen LogP contribution in [-0.4, -0.2) is 25.1 Å². The van der Waals surface area contributed by atoms with Gasteiger partial charge in [-0.15, -0.1) is 0 Å². The molecule has 0 fully saturated rings. The standard InChI is InChI=1S/C12H24N2O12P4/c15-27(16,17)7-13(8-28(18,19)20)5-11-1-2-12(4-3-11)6-14(9-29(21,22)23)10-30(24,25)26/h1-4H,5-10H2,(H2,15,16,17)(H2,18,19,20)(H2,21,22,23)(H2,24,25,26)/p-6. The maximum Gasteiger partial charge on any atom is 0.103 e. The lowest BCUT2D eigenvalue weighted by atomic mass is 10.1. The molecule has 1 aromatic rings. The van der Waals surface area contributed by atoms with Crippen molar-refractivity contribution in [3.63, 3.8) is 0 Å². The first-order chi connectivity index (χ1) is 13.3. The molecule has 0 saturated carbocycles. The van der Waals surface area contributed by atoms with E-state index in [1.165, 1.54) is 24.3 Å². The molecular formula is C12H18N2O12P4-6. The number of hydrogen-bond acceptors (Lipinski definition) is 12. The summed E-state index contributed by atoms with van der Waals surface area (Å²) in [5, 5.41) is 0. The minimum absolute atomic E-state index is 0.313. The second kappa shape index (κ2) is 10.6. The van der Waals surface area contributed by atoms with Gasteiger partial charge in [0, 0.05) is 11.1 Å². The number of rotatable bonds is 12. The molecule has 174 valence electrons. The molecule has 1 aromatic carbocycles. The largest absolute Gasteiger partial charge is 0.807 e. The van der Waals surface area contributed by atoms with Crippen molar-refractivity contribution >= 4 is 30.4 Å². The van der Waals surface area contributed by atoms with Crippen LogP contribution in [0.1, 0.15) is 11.1 Å². The first-order valence-electron chi connectivity index (χ1n) is 8.11. The van der Waals surface area contributed by atoms with Gasteiger partial charge in [0.2, 0.25) is 0 Å². The highest BCUT2D eigenvalue weighted by Gasteiger charge is 2.16. The SMILES string of the molecule is O=P([O-])([O-])C[NH+](Cc1ccc(C[NH+](CP(=O)([O-])[O-])CP(=O)([O-])[O-])cc1)CP(=O)([O-])[O-]. The Bertz CT molecular complexity index is 764. The Morgan fingerprint density at radius 1 is 0.500 bits per heavy atom. The maximum atomic E-state index is 10.9. The predicted molar refractivity (Wildman–Crippen MR) is 85.7 cm³/mol. The Balaban J connectivity index is 2.93. The van der Waals surface area contributed by atoms with Crippen LogP contribution in [0.25, 0.3) is 0 Å². The monoisotopic (exact) mass is 506 g/mol. The molecule has 0 spiro atoms. The fourth-order valence-electron chi connectivity index (χ4n) is 2.77. The van der Waals surface area contributed by atoms with Crippen molar-refractivity contribution < 1.29 is 67.2 Å². The molecule has 0 radical (unpaired) electrons. The van der Waals surface area contributed by atoms with Crippen LogP contribution in [0.15, 0.2) is 24.3 Å². The van der Waals surface area contributed by atoms with Crippen LogP contribution < -0.4 is 48.9 Å². The van der Waals surface area contributed by atoms with Gasteiger partial charge < -0.3 is 67.2 Å². The van der Waals surface area contributed by atoms with Crippen LogP contribution >= 0.6 is 30.4 Å². The maximum absolute atomic E-state index is 10.9. The van der Waals surface area contributed by atoms with E-state index in [9.17, 15) is 57.4 Å². The molecule has 2 N–H and O–H groups in total. The summed E-state index contributed by atoms with van der Waals surface area (Å²) in [5.41, 5.74) is 0.627. The number of nitrogens with one attached hydrogen (secondary N) is 2. The van der Waals surface area contributed by atoms with Crippen LogP contribution in [0.4, 0.5) is 0 Å². The van der Waals surface area contributed by atoms with Crippen LogP contribution in [-0.2, 0) is 31.3 Å². The summed E-state index contributed by atoms with van der Waals surface area (Å²) in [6, 6.07) is 5.37. The highest BCUT2D eigenvalue weighted by Crippen LogP contribution is 2.23. The molecule has 0 aromatic heterocycles. The Morgan fingerprint density at radius 2 is 0.700 bits per heavy atom. The topological polar surface area (TPSA) is 262 Å². The molecule has 0 atom stereocenters. The van der Waals surface area contributed by atoms with E-state index >= 15 is 0 Å². The first-order valence-corrected chi connectivity index (χ1v) is 15.0. The predicted octanol–water partition coefficient (Wildman–Crippen LogP) is -8.06. The zero-order chi connectivity index (χ0) is 23.4. The molecule has 0 aliphatic rings. The summed E-state index contributed by atoms with van der Waals surface area (Å²) in [4.78, 5) is 86.8. The van der Waals surface area contributed by atoms with Crippen LogP contribution in [0.2, 0.25) is 0 Å². The Labute approximate surface area is 171 Å². The van der Waals surface area contributed by atoms with Crippen molar-refractivity contribution in [1.29, 1.82) is 0 Å². The van der Waals surface area contributed by atoms with E-state index in [2.05, 4.69) is 0 Å². The van der Waals surface area contributed by atoms with Gasteiger partial charge >= 0.3 is 0 Å². The Hall–Kier alpha value is -0.260. The molecule has 18 heteroatoms. The van der Waals surface area contributed by atoms with Crippen molar-refractivity contribution in [3.8, 4) is 0 Å². The molecule has 0 amide bonds. The summed E-state index contributed by atoms with van der Waals surface area (Å²) in [6.45, 7) is -0.626. The highest BCUT2D eigenvalue weighted by atomic mass is 31.2. The molecule has 30 heavy (non-hydrogen) atoms. The Kier molecular flexibility index (Phi) is 9.79. The average molecular weight is 506 g/mol. The van der Waals surface area contributed by atoms with Gasteiger partial charge in [-0.1, -0.05) is 24.3 Å². The Morgan fingerprint density at radius 3 is 0.867 bits per heavy atom. The van der Waals surface area contributed by atoms with Crippen LogP contribution in [0.5, 0.6) is 0 Å². The van der Waals surface area contributed by atoms with Gasteiger partial charge in [-0.05, 0) is 30.4 Å². The number of benzene rings is 1. The van der Waals surface area contributed by atoms with Crippen molar-refractivity contribution in [2.45, 2.75) is 13.1 Å². The average Bonchev–Trinajstić information content (AvgIpc) is 2.42. The normalized spacial score (nSPS) is 13.9. The van der Waals surface area contributed by atoms with E-state index in [0.29, 0.717) is 11.1 Å². The summed E-state index contributed by atoms with van der Waals surface area (Å²) in [6.07, 6.45) is -4.48. The van der Waals surface area contributed by atoms with Crippen molar-refractivity contribution in [2.24, 2.45) is 0 Å². The lowest BCUT2D eigenvalue weighted by Gasteiger charge is -2.38. The van der Waals surface area contributed by atoms with Crippen molar-refractivity contribution in [1.82, 2.24) is 0 Å². The molecule has 0 aliphatic heterocycles. The molecule has 0 saturated heterocycles. The van der Waals surface area contributed by atoms with Gasteiger partial charge in [-0.3, -0.25) is 0 Å². The quantitative estimate of drug-likeness (QED) is 0.250. The molecule has 14 nitrogen and oxygen atoms in total. The molecular weight excluding hydrogens is 488 g/mol. The second-order valence-electron chi connectivity index (χ2n) is 6.75. The third-order valence-corrected chi connectivity index (χ3v) is 6.94. The van der Waals surface area contributed by atoms with Crippen LogP contribution in [0.3, 0.4) is 0 Å². The third-order valence-electron chi connectivity index (χ3n) is 3.60. The third kappa shape index (κ3) is 13.9. The van der Waals surface area contributed by atoms with E-state index in [1.54, 1.807) is 0 Å². The van der Waals surface area contributed by atoms with Gasteiger partial charge in [-0.2, -0.15) is 0 Å². The first kappa shape index (κ1) is 27.8. The lowest BCUT2D eigenvalue weighted by molar-refractivity contribution is -0.896. The summed E-state index contributed by atoms with van der Waals surface area (Å²) < 4.78 is 43.7. The smallest absolute Gasteiger partial charge is 0.103 e. The summed E-state index contributed by atoms with van der Waals surface area (Å²) in [7, 11) is -20.5. The van der Waals surface area contributed by atoms with Crippen molar-refractivity contribution in [2.75, 3.05) is 25.1 Å². The van der Waals surface area contributed by atoms with Gasteiger partial charge in [0.05, 0.1) is 0 Å². The number of hydrogen-bond donors (Lipinski definition) is 2. The summed E-state index contributed by atoms with van der Waals surface area (Å²) in [5.74, 6) is 0. The second-order valence-corrected chi connectivity index (χ2v) is 12.9. The molecule has 0 bridgehead atoms. The van der Waals surface area contributed by atoms with Crippen LogP contribution in [0, 0.1) is 0 Å². The fraction of sp³-hybridized carbons (Fsp3) is 0.500. The summed E-state index contributed by atoms with van der Waals surface area (Å²) >= 11 is 0. The minimum atomic E-state index is -5.12. The highest BCUT2D eigenvalue weighted by molar-refractivity contribution is 7.49.